The molecule has 16 heavy (non-hydrogen) atoms. The quantitative estimate of drug-likeness (QED) is 0.838. The van der Waals surface area contributed by atoms with Gasteiger partial charge in [0, 0.05) is 12.5 Å². The van der Waals surface area contributed by atoms with Crippen molar-refractivity contribution in [2.75, 3.05) is 0 Å². The van der Waals surface area contributed by atoms with Crippen molar-refractivity contribution in [1.82, 2.24) is 5.32 Å². The summed E-state index contributed by atoms with van der Waals surface area (Å²) in [6.07, 6.45) is 0.221. The van der Waals surface area contributed by atoms with Gasteiger partial charge in [-0.1, -0.05) is 30.3 Å². The number of nitrogens with one attached hydrogen (secondary N) is 1. The van der Waals surface area contributed by atoms with Gasteiger partial charge in [0.25, 0.3) is 0 Å². The van der Waals surface area contributed by atoms with Gasteiger partial charge in [-0.05, 0) is 19.4 Å². The molecule has 0 fully saturated rings. The molecule has 1 N–H and O–H groups in total. The van der Waals surface area contributed by atoms with E-state index in [0.29, 0.717) is 0 Å². The molecule has 1 aromatic rings. The molecule has 0 saturated carbocycles. The Morgan fingerprint density at radius 3 is 2.50 bits per heavy atom. The first kappa shape index (κ1) is 12.3. The van der Waals surface area contributed by atoms with Crippen LogP contribution in [0, 0.1) is 11.3 Å². The van der Waals surface area contributed by atoms with E-state index in [-0.39, 0.29) is 24.3 Å². The fraction of sp³-hybridized carbons (Fsp3) is 0.385. The summed E-state index contributed by atoms with van der Waals surface area (Å²) in [5, 5.41) is 11.8. The largest absolute Gasteiger partial charge is 0.354 e. The van der Waals surface area contributed by atoms with Crippen LogP contribution in [0.3, 0.4) is 0 Å². The van der Waals surface area contributed by atoms with Crippen molar-refractivity contribution >= 4 is 5.91 Å². The molecule has 3 heteroatoms. The van der Waals surface area contributed by atoms with E-state index in [2.05, 4.69) is 11.4 Å². The Hall–Kier alpha value is -1.82. The monoisotopic (exact) mass is 216 g/mol. The smallest absolute Gasteiger partial charge is 0.221 e. The number of amides is 1. The maximum atomic E-state index is 11.5. The molecule has 1 atom stereocenters. The molecule has 1 aromatic carbocycles. The van der Waals surface area contributed by atoms with E-state index in [1.54, 1.807) is 0 Å². The van der Waals surface area contributed by atoms with Gasteiger partial charge in [-0.25, -0.2) is 0 Å². The Kier molecular flexibility index (Phi) is 4.53. The first-order chi connectivity index (χ1) is 7.63. The summed E-state index contributed by atoms with van der Waals surface area (Å²) in [6.45, 7) is 3.81. The first-order valence-corrected chi connectivity index (χ1v) is 5.37. The molecule has 0 aliphatic carbocycles. The van der Waals surface area contributed by atoms with Crippen LogP contribution >= 0.6 is 0 Å². The lowest BCUT2D eigenvalue weighted by Crippen LogP contribution is -2.31. The Morgan fingerprint density at radius 2 is 2.00 bits per heavy atom. The van der Waals surface area contributed by atoms with Crippen LogP contribution in [0.5, 0.6) is 0 Å². The zero-order valence-electron chi connectivity index (χ0n) is 9.60. The van der Waals surface area contributed by atoms with E-state index >= 15 is 0 Å². The molecule has 3 nitrogen and oxygen atoms in total. The molecule has 0 saturated heterocycles. The standard InChI is InChI=1S/C13H16N2O/c1-10(2)15-13(16)8-12(9-14)11-6-4-3-5-7-11/h3-7,10,12H,8H2,1-2H3,(H,15,16). The van der Waals surface area contributed by atoms with Crippen molar-refractivity contribution in [2.24, 2.45) is 0 Å². The van der Waals surface area contributed by atoms with Crippen LogP contribution in [0.15, 0.2) is 30.3 Å². The van der Waals surface area contributed by atoms with Gasteiger partial charge < -0.3 is 5.32 Å². The second-order valence-corrected chi connectivity index (χ2v) is 4.02. The molecule has 1 unspecified atom stereocenters. The number of hydrogen-bond acceptors (Lipinski definition) is 2. The van der Waals surface area contributed by atoms with Crippen molar-refractivity contribution in [2.45, 2.75) is 32.2 Å². The van der Waals surface area contributed by atoms with E-state index in [4.69, 9.17) is 5.26 Å². The van der Waals surface area contributed by atoms with E-state index in [9.17, 15) is 4.79 Å². The van der Waals surface area contributed by atoms with Crippen molar-refractivity contribution < 1.29 is 4.79 Å². The SMILES string of the molecule is CC(C)NC(=O)CC(C#N)c1ccccc1. The van der Waals surface area contributed by atoms with Crippen molar-refractivity contribution in [3.05, 3.63) is 35.9 Å². The average molecular weight is 216 g/mol. The highest BCUT2D eigenvalue weighted by atomic mass is 16.1. The minimum atomic E-state index is -0.361. The summed E-state index contributed by atoms with van der Waals surface area (Å²) in [6, 6.07) is 11.7. The van der Waals surface area contributed by atoms with Crippen LogP contribution in [-0.4, -0.2) is 11.9 Å². The predicted molar refractivity (Wildman–Crippen MR) is 62.7 cm³/mol. The summed E-state index contributed by atoms with van der Waals surface area (Å²) in [5.74, 6) is -0.439. The number of nitrogens with zero attached hydrogens (tertiary/aromatic N) is 1. The number of rotatable bonds is 4. The molecule has 0 spiro atoms. The van der Waals surface area contributed by atoms with Crippen LogP contribution in [0.1, 0.15) is 31.7 Å². The third-order valence-corrected chi connectivity index (χ3v) is 2.20. The lowest BCUT2D eigenvalue weighted by Gasteiger charge is -2.11. The van der Waals surface area contributed by atoms with Gasteiger partial charge in [0.2, 0.25) is 5.91 Å². The molecule has 0 aromatic heterocycles. The Balaban J connectivity index is 2.64. The molecule has 84 valence electrons. The highest BCUT2D eigenvalue weighted by Gasteiger charge is 2.15. The zero-order valence-corrected chi connectivity index (χ0v) is 9.60. The first-order valence-electron chi connectivity index (χ1n) is 5.37. The maximum absolute atomic E-state index is 11.5. The highest BCUT2D eigenvalue weighted by molar-refractivity contribution is 5.77. The molecular weight excluding hydrogens is 200 g/mol. The Bertz CT molecular complexity index is 379. The number of carbonyl (C=O) groups excluding carboxylic acids is 1. The van der Waals surface area contributed by atoms with Gasteiger partial charge in [0.05, 0.1) is 12.0 Å². The van der Waals surface area contributed by atoms with Gasteiger partial charge >= 0.3 is 0 Å². The van der Waals surface area contributed by atoms with Crippen LogP contribution in [0.2, 0.25) is 0 Å². The third-order valence-electron chi connectivity index (χ3n) is 2.20. The number of nitriles is 1. The minimum Gasteiger partial charge on any atom is -0.354 e. The fourth-order valence-electron chi connectivity index (χ4n) is 1.49. The van der Waals surface area contributed by atoms with Crippen LogP contribution in [0.4, 0.5) is 0 Å². The van der Waals surface area contributed by atoms with E-state index < -0.39 is 0 Å². The van der Waals surface area contributed by atoms with Crippen molar-refractivity contribution in [3.8, 4) is 6.07 Å². The lowest BCUT2D eigenvalue weighted by atomic mass is 9.97. The number of hydrogen-bond donors (Lipinski definition) is 1. The van der Waals surface area contributed by atoms with Gasteiger partial charge in [0.15, 0.2) is 0 Å². The van der Waals surface area contributed by atoms with Gasteiger partial charge in [-0.3, -0.25) is 4.79 Å². The summed E-state index contributed by atoms with van der Waals surface area (Å²) in [5.41, 5.74) is 0.893. The Morgan fingerprint density at radius 1 is 1.38 bits per heavy atom. The maximum Gasteiger partial charge on any atom is 0.221 e. The van der Waals surface area contributed by atoms with Crippen LogP contribution in [-0.2, 0) is 4.79 Å². The minimum absolute atomic E-state index is 0.0783. The normalized spacial score (nSPS) is 11.9. The van der Waals surface area contributed by atoms with E-state index in [1.807, 2.05) is 44.2 Å². The molecule has 0 aliphatic rings. The Labute approximate surface area is 96.1 Å². The topological polar surface area (TPSA) is 52.9 Å². The molecule has 1 amide bonds. The molecule has 0 aliphatic heterocycles. The van der Waals surface area contributed by atoms with E-state index in [0.717, 1.165) is 5.56 Å². The summed E-state index contributed by atoms with van der Waals surface area (Å²) in [7, 11) is 0. The second-order valence-electron chi connectivity index (χ2n) is 4.02. The number of carbonyl (C=O) groups is 1. The average Bonchev–Trinajstić information content (AvgIpc) is 2.26. The van der Waals surface area contributed by atoms with Gasteiger partial charge in [-0.2, -0.15) is 5.26 Å². The van der Waals surface area contributed by atoms with Crippen molar-refractivity contribution in [1.29, 1.82) is 5.26 Å². The van der Waals surface area contributed by atoms with Crippen LogP contribution < -0.4 is 5.32 Å². The summed E-state index contributed by atoms with van der Waals surface area (Å²) in [4.78, 5) is 11.5. The molecular formula is C13H16N2O. The van der Waals surface area contributed by atoms with Gasteiger partial charge in [0.1, 0.15) is 0 Å². The van der Waals surface area contributed by atoms with Gasteiger partial charge in [-0.15, -0.1) is 0 Å². The number of benzene rings is 1. The zero-order chi connectivity index (χ0) is 12.0. The van der Waals surface area contributed by atoms with Crippen LogP contribution in [0.25, 0.3) is 0 Å². The molecule has 0 radical (unpaired) electrons. The van der Waals surface area contributed by atoms with E-state index in [1.165, 1.54) is 0 Å². The molecule has 0 heterocycles. The van der Waals surface area contributed by atoms with Crippen molar-refractivity contribution in [3.63, 3.8) is 0 Å². The second kappa shape index (κ2) is 5.92. The fourth-order valence-corrected chi connectivity index (χ4v) is 1.49. The molecule has 0 bridgehead atoms. The summed E-state index contributed by atoms with van der Waals surface area (Å²) < 4.78 is 0. The highest BCUT2D eigenvalue weighted by Crippen LogP contribution is 2.18. The third kappa shape index (κ3) is 3.74. The lowest BCUT2D eigenvalue weighted by molar-refractivity contribution is -0.121. The molecule has 1 rings (SSSR count). The summed E-state index contributed by atoms with van der Waals surface area (Å²) >= 11 is 0. The predicted octanol–water partition coefficient (Wildman–Crippen LogP) is 2.21.